The Morgan fingerprint density at radius 3 is 3.06 bits per heavy atom. The van der Waals surface area contributed by atoms with Gasteiger partial charge in [-0.25, -0.2) is 4.98 Å². The monoisotopic (exact) mass is 246 g/mol. The first-order valence-corrected chi connectivity index (χ1v) is 5.65. The molecule has 0 aliphatic heterocycles. The van der Waals surface area contributed by atoms with E-state index in [1.54, 1.807) is 23.8 Å². The fraction of sp³-hybridized carbons (Fsp3) is 0. The number of nitrogens with one attached hydrogen (secondary N) is 1. The van der Waals surface area contributed by atoms with Gasteiger partial charge < -0.3 is 4.98 Å². The van der Waals surface area contributed by atoms with Crippen molar-refractivity contribution in [2.24, 2.45) is 0 Å². The summed E-state index contributed by atoms with van der Waals surface area (Å²) < 4.78 is 0. The number of nitrogens with zero attached hydrogens (tertiary/aromatic N) is 3. The molecule has 0 atom stereocenters. The molecule has 0 aromatic carbocycles. The van der Waals surface area contributed by atoms with Crippen LogP contribution in [0, 0.1) is 10.1 Å². The molecule has 0 aliphatic carbocycles. The summed E-state index contributed by atoms with van der Waals surface area (Å²) in [5.74, 6) is 0.623. The van der Waals surface area contributed by atoms with Crippen LogP contribution >= 0.6 is 11.3 Å². The number of H-pyrrole nitrogens is 1. The molecule has 7 heteroatoms. The maximum Gasteiger partial charge on any atom is 0.324 e. The molecular formula is C10H6N4O2S. The number of pyridine rings is 1. The fourth-order valence-corrected chi connectivity index (χ4v) is 2.25. The first-order valence-electron chi connectivity index (χ1n) is 4.77. The van der Waals surface area contributed by atoms with Gasteiger partial charge in [0.05, 0.1) is 22.2 Å². The Morgan fingerprint density at radius 2 is 2.35 bits per heavy atom. The quantitative estimate of drug-likeness (QED) is 0.556. The Morgan fingerprint density at radius 1 is 1.47 bits per heavy atom. The van der Waals surface area contributed by atoms with E-state index in [2.05, 4.69) is 15.0 Å². The topological polar surface area (TPSA) is 84.7 Å². The van der Waals surface area contributed by atoms with Crippen LogP contribution in [0.1, 0.15) is 0 Å². The Bertz CT molecular complexity index is 670. The number of hydrogen-bond acceptors (Lipinski definition) is 5. The van der Waals surface area contributed by atoms with Gasteiger partial charge in [-0.3, -0.25) is 15.1 Å². The van der Waals surface area contributed by atoms with E-state index in [1.165, 1.54) is 6.07 Å². The van der Waals surface area contributed by atoms with Crippen molar-refractivity contribution in [3.63, 3.8) is 0 Å². The highest BCUT2D eigenvalue weighted by Gasteiger charge is 2.13. The normalized spacial score (nSPS) is 10.8. The number of aromatic amines is 1. The molecule has 17 heavy (non-hydrogen) atoms. The Kier molecular flexibility index (Phi) is 2.12. The second kappa shape index (κ2) is 3.63. The van der Waals surface area contributed by atoms with Crippen LogP contribution in [-0.2, 0) is 0 Å². The molecule has 0 bridgehead atoms. The minimum Gasteiger partial charge on any atom is -0.337 e. The van der Waals surface area contributed by atoms with Gasteiger partial charge in [-0.2, -0.15) is 0 Å². The predicted molar refractivity (Wildman–Crippen MR) is 63.9 cm³/mol. The van der Waals surface area contributed by atoms with Crippen molar-refractivity contribution in [3.05, 3.63) is 40.0 Å². The van der Waals surface area contributed by atoms with E-state index in [4.69, 9.17) is 0 Å². The van der Waals surface area contributed by atoms with Gasteiger partial charge in [0.2, 0.25) is 0 Å². The molecule has 84 valence electrons. The molecule has 0 amide bonds. The standard InChI is InChI=1S/C10H6N4O2S/c15-14(16)9-3-6(5-17-9)10-12-7-1-2-11-4-8(7)13-10/h1-5H,(H,12,13). The van der Waals surface area contributed by atoms with Gasteiger partial charge in [0.15, 0.2) is 0 Å². The lowest BCUT2D eigenvalue weighted by Gasteiger charge is -1.86. The molecule has 6 nitrogen and oxygen atoms in total. The van der Waals surface area contributed by atoms with Crippen molar-refractivity contribution < 1.29 is 4.92 Å². The highest BCUT2D eigenvalue weighted by Crippen LogP contribution is 2.29. The fourth-order valence-electron chi connectivity index (χ4n) is 1.54. The number of aromatic nitrogens is 3. The van der Waals surface area contributed by atoms with Crippen LogP contribution in [0.3, 0.4) is 0 Å². The highest BCUT2D eigenvalue weighted by atomic mass is 32.1. The van der Waals surface area contributed by atoms with Crippen LogP contribution in [0.2, 0.25) is 0 Å². The molecule has 1 N–H and O–H groups in total. The number of nitro groups is 1. The molecule has 0 aliphatic rings. The summed E-state index contributed by atoms with van der Waals surface area (Å²) in [4.78, 5) is 21.6. The summed E-state index contributed by atoms with van der Waals surface area (Å²) in [6.45, 7) is 0. The third-order valence-electron chi connectivity index (χ3n) is 2.32. The van der Waals surface area contributed by atoms with Crippen molar-refractivity contribution in [2.45, 2.75) is 0 Å². The number of imidazole rings is 1. The van der Waals surface area contributed by atoms with Crippen LogP contribution in [0.4, 0.5) is 5.00 Å². The Hall–Kier alpha value is -2.28. The van der Waals surface area contributed by atoms with Gasteiger partial charge in [0.25, 0.3) is 0 Å². The summed E-state index contributed by atoms with van der Waals surface area (Å²) >= 11 is 1.09. The maximum absolute atomic E-state index is 10.6. The van der Waals surface area contributed by atoms with Gasteiger partial charge in [0.1, 0.15) is 5.82 Å². The van der Waals surface area contributed by atoms with Crippen molar-refractivity contribution in [3.8, 4) is 11.4 Å². The number of fused-ring (bicyclic) bond motifs is 1. The van der Waals surface area contributed by atoms with Crippen LogP contribution < -0.4 is 0 Å². The smallest absolute Gasteiger partial charge is 0.324 e. The molecule has 3 aromatic rings. The SMILES string of the molecule is O=[N+]([O-])c1cc(-c2nc3ccncc3[nH]2)cs1. The lowest BCUT2D eigenvalue weighted by atomic mass is 10.3. The molecule has 0 radical (unpaired) electrons. The third-order valence-corrected chi connectivity index (χ3v) is 3.20. The number of rotatable bonds is 2. The number of hydrogen-bond donors (Lipinski definition) is 1. The van der Waals surface area contributed by atoms with Crippen LogP contribution in [-0.4, -0.2) is 19.9 Å². The van der Waals surface area contributed by atoms with E-state index in [1.807, 2.05) is 0 Å². The van der Waals surface area contributed by atoms with Crippen LogP contribution in [0.25, 0.3) is 22.4 Å². The molecule has 0 spiro atoms. The van der Waals surface area contributed by atoms with Crippen molar-refractivity contribution in [2.75, 3.05) is 0 Å². The van der Waals surface area contributed by atoms with Gasteiger partial charge in [-0.15, -0.1) is 0 Å². The van der Waals surface area contributed by atoms with E-state index in [9.17, 15) is 10.1 Å². The van der Waals surface area contributed by atoms with Gasteiger partial charge in [-0.1, -0.05) is 11.3 Å². The second-order valence-electron chi connectivity index (χ2n) is 3.41. The molecule has 0 saturated carbocycles. The Labute approximate surface area is 99.1 Å². The van der Waals surface area contributed by atoms with Crippen LogP contribution in [0.15, 0.2) is 29.9 Å². The first kappa shape index (κ1) is 9.91. The lowest BCUT2D eigenvalue weighted by molar-refractivity contribution is -0.380. The van der Waals surface area contributed by atoms with E-state index >= 15 is 0 Å². The summed E-state index contributed by atoms with van der Waals surface area (Å²) in [5, 5.41) is 12.4. The average molecular weight is 246 g/mol. The molecular weight excluding hydrogens is 240 g/mol. The van der Waals surface area contributed by atoms with Crippen molar-refractivity contribution >= 4 is 27.4 Å². The summed E-state index contributed by atoms with van der Waals surface area (Å²) in [6.07, 6.45) is 3.33. The zero-order valence-corrected chi connectivity index (χ0v) is 9.27. The van der Waals surface area contributed by atoms with Gasteiger partial charge in [-0.05, 0) is 6.07 Å². The molecule has 3 aromatic heterocycles. The maximum atomic E-state index is 10.6. The minimum atomic E-state index is -0.404. The first-order chi connectivity index (χ1) is 8.24. The Balaban J connectivity index is 2.10. The average Bonchev–Trinajstić information content (AvgIpc) is 2.95. The molecule has 0 unspecified atom stereocenters. The van der Waals surface area contributed by atoms with E-state index < -0.39 is 4.92 Å². The van der Waals surface area contributed by atoms with Gasteiger partial charge >= 0.3 is 5.00 Å². The minimum absolute atomic E-state index is 0.110. The number of thiophene rings is 1. The van der Waals surface area contributed by atoms with Crippen molar-refractivity contribution in [1.82, 2.24) is 15.0 Å². The zero-order valence-electron chi connectivity index (χ0n) is 8.45. The largest absolute Gasteiger partial charge is 0.337 e. The highest BCUT2D eigenvalue weighted by molar-refractivity contribution is 7.13. The zero-order chi connectivity index (χ0) is 11.8. The molecule has 3 heterocycles. The molecule has 0 saturated heterocycles. The van der Waals surface area contributed by atoms with Crippen LogP contribution in [0.5, 0.6) is 0 Å². The van der Waals surface area contributed by atoms with E-state index in [0.717, 1.165) is 27.9 Å². The van der Waals surface area contributed by atoms with Crippen molar-refractivity contribution in [1.29, 1.82) is 0 Å². The van der Waals surface area contributed by atoms with E-state index in [0.29, 0.717) is 5.82 Å². The molecule has 0 fully saturated rings. The second-order valence-corrected chi connectivity index (χ2v) is 4.30. The lowest BCUT2D eigenvalue weighted by Crippen LogP contribution is -1.81. The van der Waals surface area contributed by atoms with E-state index in [-0.39, 0.29) is 5.00 Å². The van der Waals surface area contributed by atoms with Gasteiger partial charge in [0, 0.05) is 23.2 Å². The third kappa shape index (κ3) is 1.66. The summed E-state index contributed by atoms with van der Waals surface area (Å²) in [6, 6.07) is 3.30. The predicted octanol–water partition coefficient (Wildman–Crippen LogP) is 2.59. The summed E-state index contributed by atoms with van der Waals surface area (Å²) in [7, 11) is 0. The summed E-state index contributed by atoms with van der Waals surface area (Å²) in [5.41, 5.74) is 2.33. The molecule has 3 rings (SSSR count).